The first-order valence-corrected chi connectivity index (χ1v) is 4.14. The fraction of sp³-hybridized carbons (Fsp3) is 0.750. The average molecular weight is 172 g/mol. The van der Waals surface area contributed by atoms with Gasteiger partial charge in [-0.2, -0.15) is 0 Å². The van der Waals surface area contributed by atoms with Crippen molar-refractivity contribution in [2.45, 2.75) is 31.7 Å². The molecule has 0 rings (SSSR count). The number of hydrogen-bond acceptors (Lipinski definition) is 4. The van der Waals surface area contributed by atoms with Crippen molar-refractivity contribution < 1.29 is 9.59 Å². The van der Waals surface area contributed by atoms with E-state index in [1.54, 1.807) is 0 Å². The van der Waals surface area contributed by atoms with Crippen molar-refractivity contribution >= 4 is 12.1 Å². The predicted molar refractivity (Wildman–Crippen MR) is 46.6 cm³/mol. The number of carbonyl (C=O) groups excluding carboxylic acids is 2. The van der Waals surface area contributed by atoms with Crippen LogP contribution in [0.1, 0.15) is 25.7 Å². The van der Waals surface area contributed by atoms with E-state index in [1.807, 2.05) is 0 Å². The number of carbonyl (C=O) groups is 2. The van der Waals surface area contributed by atoms with Crippen molar-refractivity contribution in [2.24, 2.45) is 11.5 Å². The van der Waals surface area contributed by atoms with Crippen molar-refractivity contribution in [2.75, 3.05) is 6.54 Å². The Morgan fingerprint density at radius 3 is 2.58 bits per heavy atom. The summed E-state index contributed by atoms with van der Waals surface area (Å²) in [6, 6.07) is -0.484. The molecule has 1 atom stereocenters. The van der Waals surface area contributed by atoms with Gasteiger partial charge in [-0.15, -0.1) is 0 Å². The largest absolute Gasteiger partial charge is 0.330 e. The molecule has 0 saturated heterocycles. The van der Waals surface area contributed by atoms with Crippen LogP contribution in [0.2, 0.25) is 0 Å². The van der Waals surface area contributed by atoms with Gasteiger partial charge in [-0.1, -0.05) is 6.42 Å². The number of hydrogen-bond donors (Lipinski definition) is 2. The lowest BCUT2D eigenvalue weighted by atomic mass is 10.0. The second-order valence-corrected chi connectivity index (χ2v) is 2.73. The molecule has 0 aliphatic rings. The molecule has 0 aromatic heterocycles. The van der Waals surface area contributed by atoms with Crippen LogP contribution in [0, 0.1) is 0 Å². The van der Waals surface area contributed by atoms with Gasteiger partial charge in [-0.3, -0.25) is 4.79 Å². The molecule has 4 nitrogen and oxygen atoms in total. The first kappa shape index (κ1) is 11.3. The summed E-state index contributed by atoms with van der Waals surface area (Å²) in [6.45, 7) is 0.620. The second-order valence-electron chi connectivity index (χ2n) is 2.73. The Morgan fingerprint density at radius 2 is 2.08 bits per heavy atom. The Morgan fingerprint density at radius 1 is 1.42 bits per heavy atom. The predicted octanol–water partition coefficient (Wildman–Crippen LogP) is -0.399. The number of rotatable bonds is 7. The monoisotopic (exact) mass is 172 g/mol. The summed E-state index contributed by atoms with van der Waals surface area (Å²) in [4.78, 5) is 20.9. The minimum absolute atomic E-state index is 0.0657. The second kappa shape index (κ2) is 6.94. The van der Waals surface area contributed by atoms with Gasteiger partial charge in [0, 0.05) is 0 Å². The Balaban J connectivity index is 3.49. The fourth-order valence-corrected chi connectivity index (χ4v) is 0.903. The van der Waals surface area contributed by atoms with Crippen LogP contribution in [0.3, 0.4) is 0 Å². The first-order chi connectivity index (χ1) is 5.72. The van der Waals surface area contributed by atoms with Gasteiger partial charge in [0.25, 0.3) is 0 Å². The van der Waals surface area contributed by atoms with E-state index in [2.05, 4.69) is 0 Å². The summed E-state index contributed by atoms with van der Waals surface area (Å²) in [5.74, 6) is -0.179. The SMILES string of the molecule is NCCCC[C@H](N)C(=O)CC=O. The van der Waals surface area contributed by atoms with Crippen molar-refractivity contribution in [3.8, 4) is 0 Å². The van der Waals surface area contributed by atoms with Gasteiger partial charge in [-0.25, -0.2) is 0 Å². The molecular weight excluding hydrogens is 156 g/mol. The van der Waals surface area contributed by atoms with E-state index in [-0.39, 0.29) is 12.2 Å². The molecule has 0 spiro atoms. The third-order valence-electron chi connectivity index (χ3n) is 1.67. The Labute approximate surface area is 72.3 Å². The van der Waals surface area contributed by atoms with Crippen LogP contribution in [0.25, 0.3) is 0 Å². The molecule has 0 unspecified atom stereocenters. The van der Waals surface area contributed by atoms with Crippen LogP contribution >= 0.6 is 0 Å². The van der Waals surface area contributed by atoms with E-state index >= 15 is 0 Å². The van der Waals surface area contributed by atoms with E-state index < -0.39 is 6.04 Å². The maximum Gasteiger partial charge on any atom is 0.156 e. The normalized spacial score (nSPS) is 12.5. The van der Waals surface area contributed by atoms with E-state index in [1.165, 1.54) is 0 Å². The molecule has 0 aromatic carbocycles. The smallest absolute Gasteiger partial charge is 0.156 e. The average Bonchev–Trinajstić information content (AvgIpc) is 2.05. The maximum absolute atomic E-state index is 10.9. The number of aldehydes is 1. The summed E-state index contributed by atoms with van der Waals surface area (Å²) < 4.78 is 0. The lowest BCUT2D eigenvalue weighted by Gasteiger charge is -2.07. The molecular formula is C8H16N2O2. The summed E-state index contributed by atoms with van der Waals surface area (Å²) >= 11 is 0. The summed E-state index contributed by atoms with van der Waals surface area (Å²) in [6.07, 6.45) is 2.88. The standard InChI is InChI=1S/C8H16N2O2/c9-5-2-1-3-7(10)8(12)4-6-11/h6-7H,1-5,9-10H2/t7-/m0/s1. The van der Waals surface area contributed by atoms with E-state index in [0.29, 0.717) is 19.3 Å². The molecule has 0 aromatic rings. The summed E-state index contributed by atoms with van der Waals surface area (Å²) in [5.41, 5.74) is 10.8. The van der Waals surface area contributed by atoms with E-state index in [4.69, 9.17) is 11.5 Å². The van der Waals surface area contributed by atoms with Crippen LogP contribution in [0.4, 0.5) is 0 Å². The topological polar surface area (TPSA) is 86.2 Å². The molecule has 4 N–H and O–H groups in total. The minimum Gasteiger partial charge on any atom is -0.330 e. The fourth-order valence-electron chi connectivity index (χ4n) is 0.903. The third kappa shape index (κ3) is 4.98. The van der Waals surface area contributed by atoms with Crippen molar-refractivity contribution in [1.29, 1.82) is 0 Å². The van der Waals surface area contributed by atoms with Crippen LogP contribution in [-0.2, 0) is 9.59 Å². The zero-order chi connectivity index (χ0) is 9.40. The molecule has 0 radical (unpaired) electrons. The number of Topliss-reactive ketones (excluding diaryl/α,β-unsaturated/α-hetero) is 1. The zero-order valence-corrected chi connectivity index (χ0v) is 7.16. The van der Waals surface area contributed by atoms with Gasteiger partial charge in [0.2, 0.25) is 0 Å². The van der Waals surface area contributed by atoms with Crippen LogP contribution in [-0.4, -0.2) is 24.7 Å². The quantitative estimate of drug-likeness (QED) is 0.311. The van der Waals surface area contributed by atoms with Gasteiger partial charge >= 0.3 is 0 Å². The van der Waals surface area contributed by atoms with Crippen molar-refractivity contribution in [3.05, 3.63) is 0 Å². The molecule has 0 bridgehead atoms. The highest BCUT2D eigenvalue weighted by molar-refractivity contribution is 5.93. The summed E-state index contributed by atoms with van der Waals surface area (Å²) in [7, 11) is 0. The Kier molecular flexibility index (Phi) is 6.51. The molecule has 0 aliphatic carbocycles. The van der Waals surface area contributed by atoms with Crippen LogP contribution in [0.5, 0.6) is 0 Å². The number of nitrogens with two attached hydrogens (primary N) is 2. The zero-order valence-electron chi connectivity index (χ0n) is 7.16. The highest BCUT2D eigenvalue weighted by Gasteiger charge is 2.11. The van der Waals surface area contributed by atoms with Gasteiger partial charge in [0.05, 0.1) is 12.5 Å². The minimum atomic E-state index is -0.484. The molecule has 12 heavy (non-hydrogen) atoms. The van der Waals surface area contributed by atoms with E-state index in [9.17, 15) is 9.59 Å². The van der Waals surface area contributed by atoms with Crippen LogP contribution < -0.4 is 11.5 Å². The molecule has 70 valence electrons. The lowest BCUT2D eigenvalue weighted by Crippen LogP contribution is -2.30. The van der Waals surface area contributed by atoms with Crippen molar-refractivity contribution in [3.63, 3.8) is 0 Å². The molecule has 0 fully saturated rings. The molecule has 0 heterocycles. The number of unbranched alkanes of at least 4 members (excludes halogenated alkanes) is 1. The molecule has 0 saturated carbocycles. The lowest BCUT2D eigenvalue weighted by molar-refractivity contribution is -0.123. The Hall–Kier alpha value is -0.740. The molecule has 0 aliphatic heterocycles. The Bertz CT molecular complexity index is 148. The summed E-state index contributed by atoms with van der Waals surface area (Å²) in [5, 5.41) is 0. The first-order valence-electron chi connectivity index (χ1n) is 4.14. The highest BCUT2D eigenvalue weighted by Crippen LogP contribution is 1.99. The molecule has 4 heteroatoms. The van der Waals surface area contributed by atoms with Gasteiger partial charge < -0.3 is 16.3 Å². The van der Waals surface area contributed by atoms with Gasteiger partial charge in [-0.05, 0) is 19.4 Å². The number of ketones is 1. The third-order valence-corrected chi connectivity index (χ3v) is 1.67. The maximum atomic E-state index is 10.9. The van der Waals surface area contributed by atoms with E-state index in [0.717, 1.165) is 12.8 Å². The van der Waals surface area contributed by atoms with Crippen molar-refractivity contribution in [1.82, 2.24) is 0 Å². The molecule has 0 amide bonds. The van der Waals surface area contributed by atoms with Gasteiger partial charge in [0.1, 0.15) is 6.29 Å². The van der Waals surface area contributed by atoms with Gasteiger partial charge in [0.15, 0.2) is 5.78 Å². The highest BCUT2D eigenvalue weighted by atomic mass is 16.1. The van der Waals surface area contributed by atoms with Crippen LogP contribution in [0.15, 0.2) is 0 Å².